The summed E-state index contributed by atoms with van der Waals surface area (Å²) in [6, 6.07) is 16.1. The molecule has 3 N–H and O–H groups in total. The van der Waals surface area contributed by atoms with Gasteiger partial charge in [0.15, 0.2) is 0 Å². The number of rotatable bonds is 10. The molecule has 1 atom stereocenters. The number of aromatic nitrogens is 2. The molecule has 2 aromatic heterocycles. The quantitative estimate of drug-likeness (QED) is 0.208. The van der Waals surface area contributed by atoms with E-state index in [1.807, 2.05) is 18.3 Å². The summed E-state index contributed by atoms with van der Waals surface area (Å²) in [7, 11) is 2.08. The van der Waals surface area contributed by atoms with E-state index < -0.39 is 0 Å². The molecule has 2 heterocycles. The molecule has 206 valence electrons. The summed E-state index contributed by atoms with van der Waals surface area (Å²) < 4.78 is 7.39. The van der Waals surface area contributed by atoms with Crippen molar-refractivity contribution in [3.05, 3.63) is 70.3 Å². The molecule has 0 radical (unpaired) electrons. The van der Waals surface area contributed by atoms with Gasteiger partial charge in [-0.25, -0.2) is 9.97 Å². The first-order valence-corrected chi connectivity index (χ1v) is 15.1. The molecular weight excluding hydrogens is 526 g/mol. The number of nitrogens with one attached hydrogen (secondary N) is 1. The van der Waals surface area contributed by atoms with Crippen molar-refractivity contribution in [2.24, 2.45) is 0 Å². The summed E-state index contributed by atoms with van der Waals surface area (Å²) in [5.74, 6) is 1.20. The molecule has 5 rings (SSSR count). The maximum absolute atomic E-state index is 7.09. The van der Waals surface area contributed by atoms with Crippen LogP contribution in [-0.2, 0) is 6.54 Å². The highest BCUT2D eigenvalue weighted by Gasteiger charge is 2.33. The third-order valence-corrected chi connectivity index (χ3v) is 9.73. The van der Waals surface area contributed by atoms with Crippen LogP contribution in [0.4, 0.5) is 5.95 Å². The molecule has 0 amide bonds. The molecule has 0 spiro atoms. The monoisotopic (exact) mass is 563 g/mol. The maximum atomic E-state index is 7.09. The Labute approximate surface area is 240 Å². The number of halogens is 1. The van der Waals surface area contributed by atoms with Crippen LogP contribution in [0.25, 0.3) is 21.2 Å². The van der Waals surface area contributed by atoms with Gasteiger partial charge in [0.1, 0.15) is 5.75 Å². The van der Waals surface area contributed by atoms with Gasteiger partial charge in [-0.05, 0) is 69.8 Å². The first-order valence-electron chi connectivity index (χ1n) is 14.0. The minimum atomic E-state index is 0.212. The third kappa shape index (κ3) is 6.07. The van der Waals surface area contributed by atoms with Crippen LogP contribution in [0.15, 0.2) is 54.9 Å². The van der Waals surface area contributed by atoms with E-state index in [-0.39, 0.29) is 12.0 Å². The van der Waals surface area contributed by atoms with Gasteiger partial charge >= 0.3 is 0 Å². The number of fused-ring (bicyclic) bond motifs is 1. The zero-order chi connectivity index (χ0) is 27.4. The Kier molecular flexibility index (Phi) is 9.03. The zero-order valence-corrected chi connectivity index (χ0v) is 24.6. The predicted molar refractivity (Wildman–Crippen MR) is 164 cm³/mol. The second-order valence-electron chi connectivity index (χ2n) is 10.3. The normalized spacial score (nSPS) is 18.5. The molecule has 2 aromatic carbocycles. The van der Waals surface area contributed by atoms with E-state index in [9.17, 15) is 0 Å². The molecule has 4 aromatic rings. The van der Waals surface area contributed by atoms with Crippen LogP contribution < -0.4 is 15.8 Å². The van der Waals surface area contributed by atoms with Crippen LogP contribution in [-0.4, -0.2) is 40.6 Å². The standard InChI is InChI=1S/C31H38ClN5OS/c1-4-26(30-29(32)25-8-6-7-9-28(25)39-30)37(24-13-11-23(34-3)12-14-24)19-21-16-20(10-15-27(21)38-5-2)22-17-35-31(33)36-18-22/h6-10,15-18,23-24,26,34H,4-5,11-14,19H2,1-3H3,(H2,33,35,36)/t23-,24-,26?. The molecule has 1 fully saturated rings. The van der Waals surface area contributed by atoms with Crippen LogP contribution >= 0.6 is 22.9 Å². The van der Waals surface area contributed by atoms with E-state index >= 15 is 0 Å². The number of nitrogen functional groups attached to an aromatic ring is 1. The Morgan fingerprint density at radius 3 is 2.49 bits per heavy atom. The molecule has 0 aliphatic heterocycles. The number of nitrogens with two attached hydrogens (primary N) is 1. The minimum Gasteiger partial charge on any atom is -0.494 e. The summed E-state index contributed by atoms with van der Waals surface area (Å²) in [6.45, 7) is 5.71. The summed E-state index contributed by atoms with van der Waals surface area (Å²) in [5.41, 5.74) is 8.91. The van der Waals surface area contributed by atoms with Crippen molar-refractivity contribution < 1.29 is 4.74 Å². The molecule has 0 bridgehead atoms. The van der Waals surface area contributed by atoms with Gasteiger partial charge in [0.2, 0.25) is 5.95 Å². The lowest BCUT2D eigenvalue weighted by Crippen LogP contribution is -2.43. The fourth-order valence-corrected chi connectivity index (χ4v) is 7.63. The van der Waals surface area contributed by atoms with Crippen molar-refractivity contribution >= 4 is 39.0 Å². The Balaban J connectivity index is 1.56. The molecule has 0 saturated heterocycles. The fourth-order valence-electron chi connectivity index (χ4n) is 5.87. The van der Waals surface area contributed by atoms with Gasteiger partial charge in [0.25, 0.3) is 0 Å². The second kappa shape index (κ2) is 12.6. The topological polar surface area (TPSA) is 76.3 Å². The number of ether oxygens (including phenoxy) is 1. The number of anilines is 1. The van der Waals surface area contributed by atoms with Crippen molar-refractivity contribution in [3.63, 3.8) is 0 Å². The van der Waals surface area contributed by atoms with Gasteiger partial charge < -0.3 is 15.8 Å². The number of hydrogen-bond acceptors (Lipinski definition) is 7. The third-order valence-electron chi connectivity index (χ3n) is 7.94. The molecule has 1 saturated carbocycles. The molecule has 1 unspecified atom stereocenters. The van der Waals surface area contributed by atoms with Gasteiger partial charge in [0.05, 0.1) is 11.6 Å². The van der Waals surface area contributed by atoms with Crippen LogP contribution in [0.3, 0.4) is 0 Å². The first-order chi connectivity index (χ1) is 19.0. The van der Waals surface area contributed by atoms with E-state index in [1.165, 1.54) is 22.4 Å². The highest BCUT2D eigenvalue weighted by atomic mass is 35.5. The Morgan fingerprint density at radius 2 is 1.82 bits per heavy atom. The Hall–Kier alpha value is -2.71. The highest BCUT2D eigenvalue weighted by molar-refractivity contribution is 7.19. The van der Waals surface area contributed by atoms with Gasteiger partial charge in [-0.2, -0.15) is 0 Å². The fraction of sp³-hybridized carbons (Fsp3) is 0.419. The molecule has 1 aliphatic carbocycles. The summed E-state index contributed by atoms with van der Waals surface area (Å²) >= 11 is 8.92. The van der Waals surface area contributed by atoms with Gasteiger partial charge in [-0.1, -0.05) is 42.8 Å². The SMILES string of the molecule is CCOc1ccc(-c2cnc(N)nc2)cc1CN(C(CC)c1sc2ccccc2c1Cl)[C@H]1CC[C@H](NC)CC1. The lowest BCUT2D eigenvalue weighted by molar-refractivity contribution is 0.0859. The lowest BCUT2D eigenvalue weighted by Gasteiger charge is -2.41. The zero-order valence-electron chi connectivity index (χ0n) is 23.0. The van der Waals surface area contributed by atoms with Gasteiger partial charge in [0, 0.05) is 63.2 Å². The minimum absolute atomic E-state index is 0.212. The van der Waals surface area contributed by atoms with Crippen LogP contribution in [0, 0.1) is 0 Å². The van der Waals surface area contributed by atoms with Crippen molar-refractivity contribution in [2.45, 2.75) is 70.6 Å². The molecule has 8 heteroatoms. The van der Waals surface area contributed by atoms with E-state index in [2.05, 4.69) is 76.6 Å². The Morgan fingerprint density at radius 1 is 1.08 bits per heavy atom. The largest absolute Gasteiger partial charge is 0.494 e. The lowest BCUT2D eigenvalue weighted by atomic mass is 9.88. The van der Waals surface area contributed by atoms with Crippen molar-refractivity contribution in [1.29, 1.82) is 0 Å². The smallest absolute Gasteiger partial charge is 0.219 e. The van der Waals surface area contributed by atoms with Crippen molar-refractivity contribution in [1.82, 2.24) is 20.2 Å². The Bertz CT molecular complexity index is 1380. The number of hydrogen-bond donors (Lipinski definition) is 2. The average Bonchev–Trinajstić information content (AvgIpc) is 3.30. The maximum Gasteiger partial charge on any atom is 0.219 e. The first kappa shape index (κ1) is 27.8. The summed E-state index contributed by atoms with van der Waals surface area (Å²) in [4.78, 5) is 12.4. The van der Waals surface area contributed by atoms with Crippen molar-refractivity contribution in [2.75, 3.05) is 19.4 Å². The summed E-state index contributed by atoms with van der Waals surface area (Å²) in [6.07, 6.45) is 9.20. The van der Waals surface area contributed by atoms with Gasteiger partial charge in [-0.15, -0.1) is 11.3 Å². The van der Waals surface area contributed by atoms with E-state index in [4.69, 9.17) is 22.1 Å². The number of nitrogens with zero attached hydrogens (tertiary/aromatic N) is 3. The molecule has 6 nitrogen and oxygen atoms in total. The van der Waals surface area contributed by atoms with E-state index in [0.717, 1.165) is 58.7 Å². The van der Waals surface area contributed by atoms with Crippen LogP contribution in [0.1, 0.15) is 62.4 Å². The summed E-state index contributed by atoms with van der Waals surface area (Å²) in [5, 5.41) is 5.54. The van der Waals surface area contributed by atoms with Crippen LogP contribution in [0.5, 0.6) is 5.75 Å². The molecule has 39 heavy (non-hydrogen) atoms. The molecule has 1 aliphatic rings. The molecular formula is C31H38ClN5OS. The van der Waals surface area contributed by atoms with Crippen LogP contribution in [0.2, 0.25) is 5.02 Å². The van der Waals surface area contributed by atoms with E-state index in [0.29, 0.717) is 18.7 Å². The van der Waals surface area contributed by atoms with Gasteiger partial charge in [-0.3, -0.25) is 4.90 Å². The number of benzene rings is 2. The van der Waals surface area contributed by atoms with Crippen molar-refractivity contribution in [3.8, 4) is 16.9 Å². The van der Waals surface area contributed by atoms with E-state index in [1.54, 1.807) is 12.4 Å². The highest BCUT2D eigenvalue weighted by Crippen LogP contribution is 2.45. The predicted octanol–water partition coefficient (Wildman–Crippen LogP) is 7.48. The second-order valence-corrected chi connectivity index (χ2v) is 11.7. The number of thiophene rings is 1. The average molecular weight is 564 g/mol.